The van der Waals surface area contributed by atoms with Crippen LogP contribution in [0.5, 0.6) is 0 Å². The van der Waals surface area contributed by atoms with E-state index in [0.29, 0.717) is 5.41 Å². The molecule has 1 heterocycles. The monoisotopic (exact) mass is 233 g/mol. The number of hydrogen-bond donors (Lipinski definition) is 2. The number of aliphatic hydroxyl groups is 1. The van der Waals surface area contributed by atoms with E-state index in [0.717, 1.165) is 13.0 Å². The Morgan fingerprint density at radius 2 is 2.07 bits per heavy atom. The molecule has 4 nitrogen and oxygen atoms in total. The Kier molecular flexibility index (Phi) is 2.81. The fourth-order valence-electron chi connectivity index (χ4n) is 2.20. The van der Waals surface area contributed by atoms with E-state index in [1.54, 1.807) is 0 Å². The molecule has 0 aromatic rings. The van der Waals surface area contributed by atoms with Gasteiger partial charge in [0.2, 0.25) is 0 Å². The molecule has 1 saturated carbocycles. The minimum atomic E-state index is -3.01. The third kappa shape index (κ3) is 2.52. The average molecular weight is 233 g/mol. The molecule has 0 amide bonds. The summed E-state index contributed by atoms with van der Waals surface area (Å²) in [6.07, 6.45) is 2.87. The van der Waals surface area contributed by atoms with Gasteiger partial charge in [-0.2, -0.15) is 0 Å². The number of sulfone groups is 1. The van der Waals surface area contributed by atoms with Crippen LogP contribution in [0, 0.1) is 5.41 Å². The van der Waals surface area contributed by atoms with E-state index in [-0.39, 0.29) is 17.5 Å². The quantitative estimate of drug-likeness (QED) is 0.713. The van der Waals surface area contributed by atoms with Crippen molar-refractivity contribution < 1.29 is 13.5 Å². The van der Waals surface area contributed by atoms with Crippen LogP contribution in [-0.4, -0.2) is 43.7 Å². The fourth-order valence-corrected chi connectivity index (χ4v) is 3.98. The van der Waals surface area contributed by atoms with Crippen LogP contribution in [0.15, 0.2) is 0 Å². The van der Waals surface area contributed by atoms with Crippen molar-refractivity contribution in [2.45, 2.75) is 38.3 Å². The Bertz CT molecular complexity index is 335. The molecule has 2 aliphatic rings. The van der Waals surface area contributed by atoms with Gasteiger partial charge < -0.3 is 10.4 Å². The summed E-state index contributed by atoms with van der Waals surface area (Å²) in [6, 6.07) is -0.251. The molecule has 0 bridgehead atoms. The molecule has 5 heteroatoms. The maximum Gasteiger partial charge on any atom is 0.154 e. The van der Waals surface area contributed by atoms with Crippen LogP contribution in [-0.2, 0) is 9.84 Å². The topological polar surface area (TPSA) is 66.4 Å². The Labute approximate surface area is 91.0 Å². The summed E-state index contributed by atoms with van der Waals surface area (Å²) in [4.78, 5) is 0. The van der Waals surface area contributed by atoms with Crippen molar-refractivity contribution in [1.29, 1.82) is 0 Å². The third-order valence-electron chi connectivity index (χ3n) is 3.77. The summed E-state index contributed by atoms with van der Waals surface area (Å²) in [7, 11) is -3.01. The molecule has 1 aliphatic heterocycles. The first-order valence-corrected chi connectivity index (χ1v) is 7.40. The summed E-state index contributed by atoms with van der Waals surface area (Å²) in [5.74, 6) is 0.0117. The van der Waals surface area contributed by atoms with E-state index < -0.39 is 15.9 Å². The minimum Gasteiger partial charge on any atom is -0.390 e. The van der Waals surface area contributed by atoms with Crippen LogP contribution in [0.3, 0.4) is 0 Å². The molecule has 88 valence electrons. The molecule has 0 aromatic heterocycles. The Hall–Kier alpha value is -0.130. The molecule has 2 N–H and O–H groups in total. The predicted molar refractivity (Wildman–Crippen MR) is 58.4 cm³/mol. The maximum atomic E-state index is 11.3. The van der Waals surface area contributed by atoms with Crippen molar-refractivity contribution in [2.75, 3.05) is 18.1 Å². The molecule has 0 aromatic carbocycles. The van der Waals surface area contributed by atoms with Crippen LogP contribution in [0.1, 0.15) is 26.2 Å². The second-order valence-electron chi connectivity index (χ2n) is 4.99. The number of hydrogen-bond acceptors (Lipinski definition) is 4. The molecule has 1 saturated heterocycles. The molecule has 1 aliphatic carbocycles. The summed E-state index contributed by atoms with van der Waals surface area (Å²) in [6.45, 7) is 3.01. The van der Waals surface area contributed by atoms with Crippen LogP contribution in [0.2, 0.25) is 0 Å². The normalized spacial score (nSPS) is 36.7. The van der Waals surface area contributed by atoms with Crippen molar-refractivity contribution >= 4 is 9.84 Å². The maximum absolute atomic E-state index is 11.3. The molecule has 2 atom stereocenters. The molecule has 2 unspecified atom stereocenters. The first-order valence-electron chi connectivity index (χ1n) is 5.58. The third-order valence-corrected chi connectivity index (χ3v) is 5.49. The standard InChI is InChI=1S/C10H19NO3S/c1-2-10(3-4-10)7-11-8-5-15(13,14)6-9(8)12/h8-9,11-12H,2-7H2,1H3. The zero-order valence-corrected chi connectivity index (χ0v) is 9.89. The van der Waals surface area contributed by atoms with Gasteiger partial charge in [-0.05, 0) is 24.7 Å². The second kappa shape index (κ2) is 3.71. The van der Waals surface area contributed by atoms with Crippen LogP contribution in [0.4, 0.5) is 0 Å². The van der Waals surface area contributed by atoms with Gasteiger partial charge in [0.1, 0.15) is 0 Å². The van der Waals surface area contributed by atoms with Gasteiger partial charge in [0.15, 0.2) is 9.84 Å². The zero-order chi connectivity index (χ0) is 11.1. The summed E-state index contributed by atoms with van der Waals surface area (Å²) in [5.41, 5.74) is 0.395. The molecule has 0 radical (unpaired) electrons. The highest BCUT2D eigenvalue weighted by atomic mass is 32.2. The lowest BCUT2D eigenvalue weighted by molar-refractivity contribution is 0.162. The van der Waals surface area contributed by atoms with Crippen LogP contribution < -0.4 is 5.32 Å². The van der Waals surface area contributed by atoms with Gasteiger partial charge in [-0.15, -0.1) is 0 Å². The summed E-state index contributed by atoms with van der Waals surface area (Å²) in [5, 5.41) is 12.8. The van der Waals surface area contributed by atoms with Crippen LogP contribution >= 0.6 is 0 Å². The minimum absolute atomic E-state index is 0.0796. The molecular formula is C10H19NO3S. The molecule has 0 spiro atoms. The lowest BCUT2D eigenvalue weighted by Crippen LogP contribution is -2.41. The molecule has 15 heavy (non-hydrogen) atoms. The number of rotatable bonds is 4. The largest absolute Gasteiger partial charge is 0.390 e. The van der Waals surface area contributed by atoms with Gasteiger partial charge >= 0.3 is 0 Å². The number of aliphatic hydroxyl groups excluding tert-OH is 1. The van der Waals surface area contributed by atoms with Crippen molar-refractivity contribution in [3.8, 4) is 0 Å². The fraction of sp³-hybridized carbons (Fsp3) is 1.00. The first-order chi connectivity index (χ1) is 6.96. The number of nitrogens with one attached hydrogen (secondary N) is 1. The van der Waals surface area contributed by atoms with E-state index in [4.69, 9.17) is 0 Å². The SMILES string of the molecule is CCC1(CNC2CS(=O)(=O)CC2O)CC1. The van der Waals surface area contributed by atoms with E-state index >= 15 is 0 Å². The lowest BCUT2D eigenvalue weighted by atomic mass is 10.0. The van der Waals surface area contributed by atoms with Gasteiger partial charge in [-0.3, -0.25) is 0 Å². The van der Waals surface area contributed by atoms with E-state index in [1.807, 2.05) is 0 Å². The van der Waals surface area contributed by atoms with Gasteiger partial charge in [0, 0.05) is 12.6 Å². The van der Waals surface area contributed by atoms with Gasteiger partial charge in [-0.25, -0.2) is 8.42 Å². The lowest BCUT2D eigenvalue weighted by Gasteiger charge is -2.19. The van der Waals surface area contributed by atoms with E-state index in [2.05, 4.69) is 12.2 Å². The van der Waals surface area contributed by atoms with Gasteiger partial charge in [0.25, 0.3) is 0 Å². The highest BCUT2D eigenvalue weighted by Gasteiger charge is 2.43. The van der Waals surface area contributed by atoms with Crippen molar-refractivity contribution in [1.82, 2.24) is 5.32 Å². The summed E-state index contributed by atoms with van der Waals surface area (Å²) < 4.78 is 22.5. The molecule has 2 fully saturated rings. The Balaban J connectivity index is 1.86. The Morgan fingerprint density at radius 3 is 2.47 bits per heavy atom. The first kappa shape index (κ1) is 11.4. The van der Waals surface area contributed by atoms with Gasteiger partial charge in [0.05, 0.1) is 17.6 Å². The van der Waals surface area contributed by atoms with Crippen molar-refractivity contribution in [2.24, 2.45) is 5.41 Å². The molecular weight excluding hydrogens is 214 g/mol. The van der Waals surface area contributed by atoms with E-state index in [9.17, 15) is 13.5 Å². The highest BCUT2D eigenvalue weighted by Crippen LogP contribution is 2.48. The highest BCUT2D eigenvalue weighted by molar-refractivity contribution is 7.91. The van der Waals surface area contributed by atoms with E-state index in [1.165, 1.54) is 12.8 Å². The molecule has 2 rings (SSSR count). The van der Waals surface area contributed by atoms with Gasteiger partial charge in [-0.1, -0.05) is 6.92 Å². The predicted octanol–water partition coefficient (Wildman–Crippen LogP) is -0.0759. The van der Waals surface area contributed by atoms with Crippen LogP contribution in [0.25, 0.3) is 0 Å². The zero-order valence-electron chi connectivity index (χ0n) is 9.07. The summed E-state index contributed by atoms with van der Waals surface area (Å²) >= 11 is 0. The second-order valence-corrected chi connectivity index (χ2v) is 7.14. The van der Waals surface area contributed by atoms with Crippen molar-refractivity contribution in [3.05, 3.63) is 0 Å². The smallest absolute Gasteiger partial charge is 0.154 e. The van der Waals surface area contributed by atoms with Crippen molar-refractivity contribution in [3.63, 3.8) is 0 Å². The Morgan fingerprint density at radius 1 is 1.40 bits per heavy atom. The average Bonchev–Trinajstić information content (AvgIpc) is 2.87.